The number of para-hydroxylation sites is 2. The topological polar surface area (TPSA) is 56.3 Å². The van der Waals surface area contributed by atoms with Gasteiger partial charge in [0.2, 0.25) is 11.8 Å². The van der Waals surface area contributed by atoms with Gasteiger partial charge in [0.1, 0.15) is 5.75 Å². The van der Waals surface area contributed by atoms with Crippen molar-refractivity contribution in [2.45, 2.75) is 13.3 Å². The van der Waals surface area contributed by atoms with Crippen LogP contribution in [0.3, 0.4) is 0 Å². The number of nitrogens with zero attached hydrogens (tertiary/aromatic N) is 4. The summed E-state index contributed by atoms with van der Waals surface area (Å²) in [6.07, 6.45) is 0.377. The molecule has 1 aliphatic heterocycles. The minimum absolute atomic E-state index is 0.0191. The second kappa shape index (κ2) is 10.2. The molecule has 7 heteroatoms. The summed E-state index contributed by atoms with van der Waals surface area (Å²) in [6.45, 7) is 6.43. The fourth-order valence-corrected chi connectivity index (χ4v) is 3.22. The van der Waals surface area contributed by atoms with Crippen LogP contribution in [0.5, 0.6) is 5.75 Å². The molecule has 7 nitrogen and oxygen atoms in total. The smallest absolute Gasteiger partial charge is 0.224 e. The number of benzene rings is 1. The van der Waals surface area contributed by atoms with E-state index in [1.54, 1.807) is 18.9 Å². The molecule has 1 saturated heterocycles. The molecular weight excluding hydrogens is 344 g/mol. The number of ether oxygens (including phenoxy) is 1. The van der Waals surface area contributed by atoms with E-state index in [0.29, 0.717) is 32.6 Å². The summed E-state index contributed by atoms with van der Waals surface area (Å²) in [5, 5.41) is 0. The molecular formula is C20H32N4O3. The minimum atomic E-state index is 0.0191. The lowest BCUT2D eigenvalue weighted by atomic mass is 10.2. The van der Waals surface area contributed by atoms with Gasteiger partial charge in [-0.2, -0.15) is 0 Å². The van der Waals surface area contributed by atoms with Gasteiger partial charge in [0.25, 0.3) is 0 Å². The molecule has 150 valence electrons. The van der Waals surface area contributed by atoms with E-state index in [4.69, 9.17) is 4.74 Å². The highest BCUT2D eigenvalue weighted by Gasteiger charge is 2.23. The van der Waals surface area contributed by atoms with Gasteiger partial charge >= 0.3 is 0 Å². The quantitative estimate of drug-likeness (QED) is 0.681. The highest BCUT2D eigenvalue weighted by Crippen LogP contribution is 2.28. The van der Waals surface area contributed by atoms with Gasteiger partial charge in [0, 0.05) is 59.2 Å². The van der Waals surface area contributed by atoms with E-state index >= 15 is 0 Å². The van der Waals surface area contributed by atoms with Crippen LogP contribution in [0, 0.1) is 0 Å². The number of methoxy groups -OCH3 is 1. The van der Waals surface area contributed by atoms with Crippen molar-refractivity contribution in [2.75, 3.05) is 71.9 Å². The first-order valence-corrected chi connectivity index (χ1v) is 9.48. The van der Waals surface area contributed by atoms with Crippen LogP contribution in [-0.2, 0) is 9.59 Å². The summed E-state index contributed by atoms with van der Waals surface area (Å²) >= 11 is 0. The molecule has 1 heterocycles. The van der Waals surface area contributed by atoms with Gasteiger partial charge in [0.05, 0.1) is 12.8 Å². The summed E-state index contributed by atoms with van der Waals surface area (Å²) in [6, 6.07) is 7.96. The van der Waals surface area contributed by atoms with Crippen LogP contribution < -0.4 is 9.64 Å². The Bertz CT molecular complexity index is 627. The largest absolute Gasteiger partial charge is 0.495 e. The molecule has 0 radical (unpaired) electrons. The van der Waals surface area contributed by atoms with Crippen LogP contribution >= 0.6 is 0 Å². The molecule has 2 rings (SSSR count). The molecule has 2 amide bonds. The maximum atomic E-state index is 12.6. The first-order valence-electron chi connectivity index (χ1n) is 9.48. The number of likely N-dealkylation sites (N-methyl/N-ethyl adjacent to an activating group) is 1. The highest BCUT2D eigenvalue weighted by molar-refractivity contribution is 5.78. The zero-order chi connectivity index (χ0) is 19.8. The summed E-state index contributed by atoms with van der Waals surface area (Å²) in [7, 11) is 5.63. The second-order valence-electron chi connectivity index (χ2n) is 7.10. The molecule has 0 N–H and O–H groups in total. The Morgan fingerprint density at radius 1 is 1.04 bits per heavy atom. The van der Waals surface area contributed by atoms with Crippen molar-refractivity contribution in [3.63, 3.8) is 0 Å². The molecule has 1 fully saturated rings. The van der Waals surface area contributed by atoms with Crippen molar-refractivity contribution < 1.29 is 14.3 Å². The van der Waals surface area contributed by atoms with E-state index < -0.39 is 0 Å². The maximum Gasteiger partial charge on any atom is 0.224 e. The summed E-state index contributed by atoms with van der Waals surface area (Å²) < 4.78 is 5.44. The van der Waals surface area contributed by atoms with Gasteiger partial charge in [-0.25, -0.2) is 0 Å². The van der Waals surface area contributed by atoms with E-state index in [1.165, 1.54) is 0 Å². The van der Waals surface area contributed by atoms with E-state index in [-0.39, 0.29) is 11.8 Å². The molecule has 27 heavy (non-hydrogen) atoms. The third kappa shape index (κ3) is 6.13. The van der Waals surface area contributed by atoms with E-state index in [1.807, 2.05) is 48.2 Å². The van der Waals surface area contributed by atoms with Crippen molar-refractivity contribution in [2.24, 2.45) is 0 Å². The standard InChI is InChI=1S/C20H32N4O3/c1-17(25)22(12-11-21(2)3)10-9-20(26)24-15-13-23(14-16-24)18-7-5-6-8-19(18)27-4/h5-8H,9-16H2,1-4H3. The fraction of sp³-hybridized carbons (Fsp3) is 0.600. The summed E-state index contributed by atoms with van der Waals surface area (Å²) in [5.41, 5.74) is 1.07. The number of hydrogen-bond acceptors (Lipinski definition) is 5. The van der Waals surface area contributed by atoms with Crippen molar-refractivity contribution in [3.05, 3.63) is 24.3 Å². The third-order valence-electron chi connectivity index (χ3n) is 4.92. The predicted molar refractivity (Wildman–Crippen MR) is 107 cm³/mol. The van der Waals surface area contributed by atoms with Crippen LogP contribution in [0.25, 0.3) is 0 Å². The number of carbonyl (C=O) groups is 2. The Hall–Kier alpha value is -2.28. The summed E-state index contributed by atoms with van der Waals surface area (Å²) in [5.74, 6) is 0.992. The lowest BCUT2D eigenvalue weighted by Gasteiger charge is -2.37. The van der Waals surface area contributed by atoms with Gasteiger partial charge in [-0.3, -0.25) is 9.59 Å². The van der Waals surface area contributed by atoms with Gasteiger partial charge in [-0.1, -0.05) is 12.1 Å². The highest BCUT2D eigenvalue weighted by atomic mass is 16.5. The molecule has 1 aromatic carbocycles. The number of piperazine rings is 1. The molecule has 0 bridgehead atoms. The molecule has 0 spiro atoms. The average molecular weight is 377 g/mol. The number of hydrogen-bond donors (Lipinski definition) is 0. The second-order valence-corrected chi connectivity index (χ2v) is 7.10. The van der Waals surface area contributed by atoms with Gasteiger partial charge in [0.15, 0.2) is 0 Å². The monoisotopic (exact) mass is 376 g/mol. The van der Waals surface area contributed by atoms with Gasteiger partial charge in [-0.05, 0) is 26.2 Å². The number of anilines is 1. The van der Waals surface area contributed by atoms with Crippen LogP contribution in [0.1, 0.15) is 13.3 Å². The molecule has 0 aromatic heterocycles. The number of amides is 2. The summed E-state index contributed by atoms with van der Waals surface area (Å²) in [4.78, 5) is 32.3. The molecule has 0 aliphatic carbocycles. The van der Waals surface area contributed by atoms with Crippen molar-refractivity contribution in [3.8, 4) is 5.75 Å². The van der Waals surface area contributed by atoms with E-state index in [0.717, 1.165) is 31.1 Å². The molecule has 1 aromatic rings. The average Bonchev–Trinajstić information content (AvgIpc) is 2.67. The van der Waals surface area contributed by atoms with Crippen LogP contribution in [0.2, 0.25) is 0 Å². The lowest BCUT2D eigenvalue weighted by Crippen LogP contribution is -2.49. The van der Waals surface area contributed by atoms with Crippen molar-refractivity contribution in [1.29, 1.82) is 0 Å². The first-order chi connectivity index (χ1) is 12.9. The Morgan fingerprint density at radius 2 is 1.70 bits per heavy atom. The molecule has 0 saturated carbocycles. The molecule has 0 unspecified atom stereocenters. The Kier molecular flexibility index (Phi) is 7.91. The number of carbonyl (C=O) groups excluding carboxylic acids is 2. The zero-order valence-electron chi connectivity index (χ0n) is 17.0. The predicted octanol–water partition coefficient (Wildman–Crippen LogP) is 1.14. The Morgan fingerprint density at radius 3 is 2.30 bits per heavy atom. The van der Waals surface area contributed by atoms with E-state index in [2.05, 4.69) is 4.90 Å². The fourth-order valence-electron chi connectivity index (χ4n) is 3.22. The molecule has 0 atom stereocenters. The SMILES string of the molecule is COc1ccccc1N1CCN(C(=O)CCN(CCN(C)C)C(C)=O)CC1. The van der Waals surface area contributed by atoms with Gasteiger partial charge < -0.3 is 24.3 Å². The normalized spacial score (nSPS) is 14.4. The first kappa shape index (κ1) is 21.0. The van der Waals surface area contributed by atoms with Crippen LogP contribution in [0.4, 0.5) is 5.69 Å². The lowest BCUT2D eigenvalue weighted by molar-refractivity contribution is -0.133. The molecule has 1 aliphatic rings. The van der Waals surface area contributed by atoms with Crippen LogP contribution in [0.15, 0.2) is 24.3 Å². The zero-order valence-corrected chi connectivity index (χ0v) is 17.0. The van der Waals surface area contributed by atoms with Gasteiger partial charge in [-0.15, -0.1) is 0 Å². The maximum absolute atomic E-state index is 12.6. The minimum Gasteiger partial charge on any atom is -0.495 e. The van der Waals surface area contributed by atoms with Crippen molar-refractivity contribution in [1.82, 2.24) is 14.7 Å². The Balaban J connectivity index is 1.83. The number of rotatable bonds is 8. The van der Waals surface area contributed by atoms with Crippen molar-refractivity contribution >= 4 is 17.5 Å². The third-order valence-corrected chi connectivity index (χ3v) is 4.92. The van der Waals surface area contributed by atoms with Crippen LogP contribution in [-0.4, -0.2) is 93.5 Å². The Labute approximate surface area is 162 Å². The van der Waals surface area contributed by atoms with E-state index in [9.17, 15) is 9.59 Å².